The molecule has 0 aromatic carbocycles. The molecular weight excluding hydrogens is 1840 g/mol. The topological polar surface area (TPSA) is 123 Å². The minimum atomic E-state index is 0.156. The Bertz CT molecular complexity index is 2590. The van der Waals surface area contributed by atoms with Crippen molar-refractivity contribution < 1.29 is 24.0 Å². The normalized spacial score (nSPS) is 11.8. The first-order chi connectivity index (χ1) is 73.9. The predicted octanol–water partition coefficient (Wildman–Crippen LogP) is 39.8. The summed E-state index contributed by atoms with van der Waals surface area (Å²) in [5.41, 5.74) is 0. The minimum absolute atomic E-state index is 0.156. The van der Waals surface area contributed by atoms with Crippen molar-refractivity contribution in [1.82, 2.24) is 44.5 Å². The van der Waals surface area contributed by atoms with E-state index in [0.29, 0.717) is 39.3 Å². The first kappa shape index (κ1) is 147. The molecule has 0 saturated carbocycles. The van der Waals surface area contributed by atoms with E-state index in [0.717, 1.165) is 181 Å². The van der Waals surface area contributed by atoms with Crippen LogP contribution in [0.3, 0.4) is 0 Å². The van der Waals surface area contributed by atoms with Crippen molar-refractivity contribution >= 4 is 29.5 Å². The molecule has 5 amide bonds. The molecule has 14 nitrogen and oxygen atoms in total. The smallest absolute Gasteiger partial charge is 0.236 e. The second-order valence-electron chi connectivity index (χ2n) is 48.2. The average Bonchev–Trinajstić information content (AvgIpc) is 0.876. The quantitative estimate of drug-likeness (QED) is 0.0593. The summed E-state index contributed by atoms with van der Waals surface area (Å²) in [6.45, 7) is 35.4. The molecule has 0 aliphatic carbocycles. The Hall–Kier alpha value is -2.81. The van der Waals surface area contributed by atoms with Crippen molar-refractivity contribution in [2.24, 2.45) is 0 Å². The van der Waals surface area contributed by atoms with Gasteiger partial charge in [0.2, 0.25) is 29.5 Å². The monoisotopic (exact) mass is 2110 g/mol. The fourth-order valence-electron chi connectivity index (χ4n) is 22.7. The Labute approximate surface area is 940 Å². The summed E-state index contributed by atoms with van der Waals surface area (Å²) in [4.78, 5) is 97.2. The van der Waals surface area contributed by atoms with E-state index in [-0.39, 0.29) is 62.3 Å². The first-order valence-electron chi connectivity index (χ1n) is 69.2. The van der Waals surface area contributed by atoms with Gasteiger partial charge in [0, 0.05) is 105 Å². The maximum Gasteiger partial charge on any atom is 0.236 e. The molecule has 0 atom stereocenters. The lowest BCUT2D eigenvalue weighted by Crippen LogP contribution is -2.51. The van der Waals surface area contributed by atoms with Gasteiger partial charge >= 0.3 is 0 Å². The van der Waals surface area contributed by atoms with Crippen LogP contribution in [0.4, 0.5) is 0 Å². The molecule has 0 rings (SSSR count). The van der Waals surface area contributed by atoms with Gasteiger partial charge in [0.1, 0.15) is 0 Å². The zero-order valence-corrected chi connectivity index (χ0v) is 104. The molecule has 0 radical (unpaired) electrons. The van der Waals surface area contributed by atoms with E-state index in [1.807, 2.05) is 0 Å². The van der Waals surface area contributed by atoms with Gasteiger partial charge in [-0.3, -0.25) is 38.7 Å². The molecule has 1 N–H and O–H groups in total. The largest absolute Gasteiger partial charge is 0.342 e. The van der Waals surface area contributed by atoms with Crippen LogP contribution in [0.1, 0.15) is 711 Å². The van der Waals surface area contributed by atoms with Crippen LogP contribution in [-0.2, 0) is 24.0 Å². The van der Waals surface area contributed by atoms with Crippen LogP contribution in [0, 0.1) is 0 Å². The Morgan fingerprint density at radius 3 is 0.367 bits per heavy atom. The third-order valence-electron chi connectivity index (χ3n) is 33.4. The number of nitrogens with zero attached hydrogens (tertiary/aromatic N) is 8. The molecule has 0 saturated heterocycles. The van der Waals surface area contributed by atoms with Gasteiger partial charge in [0.05, 0.1) is 32.7 Å². The number of carbonyl (C=O) groups excluding carboxylic acids is 5. The number of rotatable bonds is 129. The number of hydrogen-bond acceptors (Lipinski definition) is 9. The summed E-state index contributed by atoms with van der Waals surface area (Å²) in [5, 5.41) is 3.76. The van der Waals surface area contributed by atoms with E-state index in [2.05, 4.69) is 114 Å². The number of nitrogens with one attached hydrogen (secondary N) is 1. The lowest BCUT2D eigenvalue weighted by molar-refractivity contribution is -0.137. The molecule has 14 heteroatoms. The Morgan fingerprint density at radius 2 is 0.227 bits per heavy atom. The fourth-order valence-corrected chi connectivity index (χ4v) is 22.7. The summed E-state index contributed by atoms with van der Waals surface area (Å²) in [5.74, 6) is 0.923. The van der Waals surface area contributed by atoms with E-state index in [9.17, 15) is 4.79 Å². The zero-order valence-electron chi connectivity index (χ0n) is 104. The standard InChI is InChI=1S/C136H273N9O5/c1-11-21-31-41-51-61-70-80-90-100-110-121-144(118-107-93-81-71-60-50-40-30-20-10)135(149)130-140(131-136(150)145(119-108-98-88-78-68-58-48-38-28-18-8)120-109-99-89-79-69-59-49-39-29-19-9)126-125-139(129-134(148)143(116-105-96-86-76-66-56-46-36-26-16-6)117-106-97-87-77-67-57-47-37-27-17-7)124-123-138(128-133(147)142(114-103-94-84-74-64-54-44-34-24-14-4)115-104-95-85-75-65-55-45-35-25-15-5)122-111-137-127-132(146)141(112-101-91-82-72-62-52-42-32-22-12-2)113-102-92-83-73-63-53-43-33-23-13-3/h137H,11-131H2,1-10H3. The molecule has 0 unspecified atom stereocenters. The third kappa shape index (κ3) is 104. The molecule has 0 aromatic heterocycles. The highest BCUT2D eigenvalue weighted by atomic mass is 16.2. The van der Waals surface area contributed by atoms with Crippen LogP contribution in [0.15, 0.2) is 0 Å². The summed E-state index contributed by atoms with van der Waals surface area (Å²) >= 11 is 0. The Kier molecular flexibility index (Phi) is 121. The lowest BCUT2D eigenvalue weighted by Gasteiger charge is -2.33. The zero-order chi connectivity index (χ0) is 109. The van der Waals surface area contributed by atoms with Crippen LogP contribution in [0.2, 0.25) is 0 Å². The molecule has 0 aromatic rings. The van der Waals surface area contributed by atoms with Gasteiger partial charge in [-0.25, -0.2) is 0 Å². The van der Waals surface area contributed by atoms with Gasteiger partial charge in [0.15, 0.2) is 0 Å². The fraction of sp³-hybridized carbons (Fsp3) is 0.963. The maximum absolute atomic E-state index is 16.1. The molecule has 0 fully saturated rings. The minimum Gasteiger partial charge on any atom is -0.342 e. The van der Waals surface area contributed by atoms with Crippen molar-refractivity contribution in [2.75, 3.05) is 137 Å². The summed E-state index contributed by atoms with van der Waals surface area (Å²) in [6.07, 6.45) is 126. The van der Waals surface area contributed by atoms with Gasteiger partial charge < -0.3 is 29.8 Å². The van der Waals surface area contributed by atoms with E-state index < -0.39 is 0 Å². The average molecular weight is 2110 g/mol. The van der Waals surface area contributed by atoms with Crippen molar-refractivity contribution in [2.45, 2.75) is 711 Å². The highest BCUT2D eigenvalue weighted by Gasteiger charge is 2.27. The molecule has 0 spiro atoms. The molecule has 0 bridgehead atoms. The van der Waals surface area contributed by atoms with E-state index >= 15 is 19.2 Å². The molecule has 0 aliphatic rings. The number of hydrogen-bond donors (Lipinski definition) is 1. The van der Waals surface area contributed by atoms with E-state index in [1.54, 1.807) is 0 Å². The molecule has 0 heterocycles. The Balaban J connectivity index is 8.81. The van der Waals surface area contributed by atoms with Crippen molar-refractivity contribution in [3.8, 4) is 0 Å². The van der Waals surface area contributed by atoms with Gasteiger partial charge in [-0.05, 0) is 64.2 Å². The number of carbonyl (C=O) groups is 5. The molecule has 892 valence electrons. The third-order valence-corrected chi connectivity index (χ3v) is 33.4. The van der Waals surface area contributed by atoms with Gasteiger partial charge in [-0.2, -0.15) is 0 Å². The second-order valence-corrected chi connectivity index (χ2v) is 48.2. The predicted molar refractivity (Wildman–Crippen MR) is 664 cm³/mol. The van der Waals surface area contributed by atoms with Crippen LogP contribution in [0.5, 0.6) is 0 Å². The van der Waals surface area contributed by atoms with Crippen molar-refractivity contribution in [3.63, 3.8) is 0 Å². The van der Waals surface area contributed by atoms with E-state index in [4.69, 9.17) is 0 Å². The van der Waals surface area contributed by atoms with Crippen molar-refractivity contribution in [3.05, 3.63) is 0 Å². The van der Waals surface area contributed by atoms with Crippen LogP contribution >= 0.6 is 0 Å². The number of amides is 5. The van der Waals surface area contributed by atoms with Gasteiger partial charge in [-0.15, -0.1) is 0 Å². The summed E-state index contributed by atoms with van der Waals surface area (Å²) < 4.78 is 0. The van der Waals surface area contributed by atoms with Crippen LogP contribution < -0.4 is 5.32 Å². The highest BCUT2D eigenvalue weighted by molar-refractivity contribution is 5.82. The summed E-state index contributed by atoms with van der Waals surface area (Å²) in [7, 11) is 0. The Morgan fingerprint density at radius 1 is 0.120 bits per heavy atom. The first-order valence-corrected chi connectivity index (χ1v) is 69.2. The summed E-state index contributed by atoms with van der Waals surface area (Å²) in [6, 6.07) is 0. The van der Waals surface area contributed by atoms with Crippen LogP contribution in [0.25, 0.3) is 0 Å². The molecule has 150 heavy (non-hydrogen) atoms. The highest BCUT2D eigenvalue weighted by Crippen LogP contribution is 2.24. The van der Waals surface area contributed by atoms with Gasteiger partial charge in [-0.1, -0.05) is 647 Å². The number of unbranched alkanes of at least 4 members (excludes halogenated alkanes) is 90. The van der Waals surface area contributed by atoms with Gasteiger partial charge in [0.25, 0.3) is 0 Å². The van der Waals surface area contributed by atoms with E-state index in [1.165, 1.54) is 527 Å². The SMILES string of the molecule is CCCCCCCCCCCCCN(CCCCCCCCCCC)C(=O)CN(CCN(CCN(CCNCC(=O)N(CCCCCCCCCCCC)CCCCCCCCCCCC)CC(=O)N(CCCCCCCCCCCC)CCCCCCCCCCCC)CC(=O)N(CCCCCCCCCCCC)CCCCCCCCCCCC)CC(=O)N(CCCCCCCCCCCC)CCCCCCCCCCCC. The van der Waals surface area contributed by atoms with Crippen LogP contribution in [-0.4, -0.2) is 206 Å². The molecule has 0 aliphatic heterocycles. The lowest BCUT2D eigenvalue weighted by atomic mass is 10.1. The second kappa shape index (κ2) is 123. The van der Waals surface area contributed by atoms with Crippen molar-refractivity contribution in [1.29, 1.82) is 0 Å². The molecular formula is C136H273N9O5. The maximum atomic E-state index is 16.1.